The Morgan fingerprint density at radius 2 is 1.29 bits per heavy atom. The molecule has 0 heterocycles. The topological polar surface area (TPSA) is 129 Å². The van der Waals surface area contributed by atoms with E-state index in [0.29, 0.717) is 11.4 Å². The normalized spacial score (nSPS) is 28.8. The summed E-state index contributed by atoms with van der Waals surface area (Å²) in [5.41, 5.74) is 0.915. The van der Waals surface area contributed by atoms with E-state index in [0.717, 1.165) is 0 Å². The van der Waals surface area contributed by atoms with Gasteiger partial charge >= 0.3 is 0 Å². The highest BCUT2D eigenvalue weighted by molar-refractivity contribution is 7.80. The Hall–Kier alpha value is -2.40. The Labute approximate surface area is 167 Å². The van der Waals surface area contributed by atoms with Crippen molar-refractivity contribution in [2.75, 3.05) is 10.3 Å². The van der Waals surface area contributed by atoms with Gasteiger partial charge in [0.2, 0.25) is 0 Å². The first-order valence-corrected chi connectivity index (χ1v) is 9.01. The number of aliphatic hydroxyl groups is 5. The quantitative estimate of drug-likeness (QED) is 0.314. The van der Waals surface area contributed by atoms with Crippen LogP contribution in [0.3, 0.4) is 0 Å². The van der Waals surface area contributed by atoms with Gasteiger partial charge in [0.05, 0.1) is 5.69 Å². The molecule has 2 aromatic carbocycles. The number of aliphatic hydroxyl groups excluding tert-OH is 5. The first kappa shape index (κ1) is 20.3. The summed E-state index contributed by atoms with van der Waals surface area (Å²) in [5.74, 6) is 0. The molecule has 28 heavy (non-hydrogen) atoms. The number of rotatable bonds is 3. The van der Waals surface area contributed by atoms with Crippen LogP contribution >= 0.6 is 12.2 Å². The number of hydrogen-bond acceptors (Lipinski definition) is 7. The van der Waals surface area contributed by atoms with E-state index in [2.05, 4.69) is 10.4 Å². The Balaban J connectivity index is 1.97. The summed E-state index contributed by atoms with van der Waals surface area (Å²) in [4.78, 5) is 0. The Kier molecular flexibility index (Phi) is 6.35. The van der Waals surface area contributed by atoms with E-state index in [1.165, 1.54) is 5.01 Å². The van der Waals surface area contributed by atoms with E-state index in [4.69, 9.17) is 12.2 Å². The summed E-state index contributed by atoms with van der Waals surface area (Å²) >= 11 is 5.44. The summed E-state index contributed by atoms with van der Waals surface area (Å²) in [6.45, 7) is 0. The second kappa shape index (κ2) is 8.74. The summed E-state index contributed by atoms with van der Waals surface area (Å²) in [6.07, 6.45) is -8.47. The number of anilines is 2. The van der Waals surface area contributed by atoms with Crippen LogP contribution in [0.2, 0.25) is 0 Å². The van der Waals surface area contributed by atoms with E-state index < -0.39 is 30.5 Å². The second-order valence-electron chi connectivity index (χ2n) is 6.33. The molecule has 1 fully saturated rings. The van der Waals surface area contributed by atoms with Crippen LogP contribution in [0.5, 0.6) is 0 Å². The smallest absolute Gasteiger partial charge is 0.198 e. The lowest BCUT2D eigenvalue weighted by atomic mass is 9.85. The van der Waals surface area contributed by atoms with Crippen molar-refractivity contribution < 1.29 is 25.5 Å². The molecule has 0 aliphatic heterocycles. The van der Waals surface area contributed by atoms with Crippen LogP contribution in [0.15, 0.2) is 65.8 Å². The Morgan fingerprint density at radius 3 is 1.82 bits per heavy atom. The first-order chi connectivity index (χ1) is 13.4. The third-order valence-corrected chi connectivity index (χ3v) is 4.66. The average Bonchev–Trinajstić information content (AvgIpc) is 2.72. The molecule has 8 nitrogen and oxygen atoms in total. The molecule has 0 bridgehead atoms. The van der Waals surface area contributed by atoms with Crippen molar-refractivity contribution in [1.82, 2.24) is 0 Å². The Morgan fingerprint density at radius 1 is 0.786 bits per heavy atom. The predicted octanol–water partition coefficient (Wildman–Crippen LogP) is 0.0641. The number of nitrogens with zero attached hydrogens (tertiary/aromatic N) is 2. The molecule has 9 heteroatoms. The minimum absolute atomic E-state index is 0.138. The van der Waals surface area contributed by atoms with Crippen LogP contribution in [0.25, 0.3) is 0 Å². The highest BCUT2D eigenvalue weighted by atomic mass is 32.1. The van der Waals surface area contributed by atoms with Crippen LogP contribution in [0.1, 0.15) is 0 Å². The fourth-order valence-electron chi connectivity index (χ4n) is 2.82. The van der Waals surface area contributed by atoms with Crippen molar-refractivity contribution in [3.05, 3.63) is 60.7 Å². The number of benzene rings is 2. The summed E-state index contributed by atoms with van der Waals surface area (Å²) in [6, 6.07) is 17.9. The molecule has 6 N–H and O–H groups in total. The SMILES string of the molecule is O[C@@H]1[C@H](O)[C@H](O)/C(=N\N(C(=S)Nc2ccccc2)c2ccccc2)[C@H](O)[C@H]1O. The second-order valence-corrected chi connectivity index (χ2v) is 6.72. The van der Waals surface area contributed by atoms with Crippen LogP contribution < -0.4 is 10.3 Å². The minimum Gasteiger partial charge on any atom is -0.387 e. The highest BCUT2D eigenvalue weighted by Gasteiger charge is 2.46. The summed E-state index contributed by atoms with van der Waals surface area (Å²) in [7, 11) is 0. The van der Waals surface area contributed by atoms with Crippen LogP contribution in [0, 0.1) is 0 Å². The van der Waals surface area contributed by atoms with Crippen LogP contribution in [-0.2, 0) is 0 Å². The zero-order valence-corrected chi connectivity index (χ0v) is 15.5. The van der Waals surface area contributed by atoms with Crippen molar-refractivity contribution in [1.29, 1.82) is 0 Å². The molecule has 148 valence electrons. The van der Waals surface area contributed by atoms with Crippen LogP contribution in [-0.4, -0.2) is 66.9 Å². The molecule has 0 aromatic heterocycles. The largest absolute Gasteiger partial charge is 0.387 e. The van der Waals surface area contributed by atoms with Gasteiger partial charge in [-0.2, -0.15) is 5.10 Å². The van der Waals surface area contributed by atoms with Gasteiger partial charge in [-0.05, 0) is 36.5 Å². The van der Waals surface area contributed by atoms with Gasteiger partial charge in [-0.25, -0.2) is 5.01 Å². The number of para-hydroxylation sites is 2. The summed E-state index contributed by atoms with van der Waals surface area (Å²) in [5, 5.41) is 58.8. The minimum atomic E-state index is -1.71. The van der Waals surface area contributed by atoms with E-state index in [-0.39, 0.29) is 10.8 Å². The van der Waals surface area contributed by atoms with Crippen molar-refractivity contribution in [2.24, 2.45) is 5.10 Å². The number of hydrogen-bond donors (Lipinski definition) is 6. The van der Waals surface area contributed by atoms with Gasteiger partial charge < -0.3 is 30.8 Å². The molecule has 1 saturated carbocycles. The number of hydrazone groups is 1. The maximum Gasteiger partial charge on any atom is 0.198 e. The van der Waals surface area contributed by atoms with Gasteiger partial charge in [0.15, 0.2) is 5.11 Å². The predicted molar refractivity (Wildman–Crippen MR) is 109 cm³/mol. The molecule has 0 spiro atoms. The standard InChI is InChI=1S/C19H21N3O5S/c23-14-13(15(24)17(26)18(27)16(14)25)21-22(12-9-5-2-6-10-12)19(28)20-11-7-3-1-4-8-11/h1-10,14-18,23-27H,(H,20,28)/b21-13-/t14-,15+,16+,17+,18-/m0/s1. The molecule has 5 atom stereocenters. The molecule has 1 aliphatic rings. The molecular formula is C19H21N3O5S. The zero-order valence-electron chi connectivity index (χ0n) is 14.7. The molecule has 1 aliphatic carbocycles. The zero-order chi connectivity index (χ0) is 20.3. The van der Waals surface area contributed by atoms with Gasteiger partial charge in [-0.1, -0.05) is 36.4 Å². The maximum absolute atomic E-state index is 10.3. The lowest BCUT2D eigenvalue weighted by Gasteiger charge is -2.37. The van der Waals surface area contributed by atoms with Gasteiger partial charge in [0.25, 0.3) is 0 Å². The average molecular weight is 403 g/mol. The fourth-order valence-corrected chi connectivity index (χ4v) is 3.09. The van der Waals surface area contributed by atoms with Crippen molar-refractivity contribution in [2.45, 2.75) is 30.5 Å². The van der Waals surface area contributed by atoms with Gasteiger partial charge in [-0.3, -0.25) is 0 Å². The number of thiocarbonyl (C=S) groups is 1. The lowest BCUT2D eigenvalue weighted by Crippen LogP contribution is -2.62. The van der Waals surface area contributed by atoms with Gasteiger partial charge in [0.1, 0.15) is 36.2 Å². The summed E-state index contributed by atoms with van der Waals surface area (Å²) < 4.78 is 0. The van der Waals surface area contributed by atoms with Gasteiger partial charge in [0, 0.05) is 5.69 Å². The molecule has 0 amide bonds. The van der Waals surface area contributed by atoms with Crippen molar-refractivity contribution in [3.8, 4) is 0 Å². The lowest BCUT2D eigenvalue weighted by molar-refractivity contribution is -0.130. The van der Waals surface area contributed by atoms with Crippen molar-refractivity contribution in [3.63, 3.8) is 0 Å². The van der Waals surface area contributed by atoms with E-state index in [1.807, 2.05) is 18.2 Å². The molecule has 3 rings (SSSR count). The molecular weight excluding hydrogens is 382 g/mol. The molecule has 0 saturated heterocycles. The monoisotopic (exact) mass is 403 g/mol. The van der Waals surface area contributed by atoms with Crippen molar-refractivity contribution >= 4 is 34.4 Å². The van der Waals surface area contributed by atoms with Crippen LogP contribution in [0.4, 0.5) is 11.4 Å². The molecule has 0 radical (unpaired) electrons. The fraction of sp³-hybridized carbons (Fsp3) is 0.263. The molecule has 2 aromatic rings. The Bertz CT molecular complexity index is 818. The molecule has 0 unspecified atom stereocenters. The van der Waals surface area contributed by atoms with E-state index >= 15 is 0 Å². The van der Waals surface area contributed by atoms with E-state index in [1.54, 1.807) is 42.5 Å². The maximum atomic E-state index is 10.3. The third kappa shape index (κ3) is 4.20. The first-order valence-electron chi connectivity index (χ1n) is 8.60. The van der Waals surface area contributed by atoms with E-state index in [9.17, 15) is 25.5 Å². The number of nitrogens with one attached hydrogen (secondary N) is 1. The third-order valence-electron chi connectivity index (χ3n) is 4.39. The highest BCUT2D eigenvalue weighted by Crippen LogP contribution is 2.23. The van der Waals surface area contributed by atoms with Gasteiger partial charge in [-0.15, -0.1) is 0 Å².